The first kappa shape index (κ1) is 13.6. The second kappa shape index (κ2) is 5.85. The summed E-state index contributed by atoms with van der Waals surface area (Å²) >= 11 is 6.13. The molecule has 0 saturated carbocycles. The van der Waals surface area contributed by atoms with Crippen LogP contribution in [-0.4, -0.2) is 34.8 Å². The van der Waals surface area contributed by atoms with Crippen LogP contribution in [0.2, 0.25) is 5.02 Å². The Bertz CT molecular complexity index is 411. The minimum absolute atomic E-state index is 0.328. The van der Waals surface area contributed by atoms with Crippen LogP contribution >= 0.6 is 11.6 Å². The SMILES string of the molecule is COc1nnc(C2CCCCN2C(C)C)cc1Cl. The summed E-state index contributed by atoms with van der Waals surface area (Å²) in [6, 6.07) is 2.73. The van der Waals surface area contributed by atoms with E-state index in [1.807, 2.05) is 6.07 Å². The molecule has 1 unspecified atom stereocenters. The van der Waals surface area contributed by atoms with Crippen molar-refractivity contribution in [3.63, 3.8) is 0 Å². The first-order valence-corrected chi connectivity index (χ1v) is 6.84. The smallest absolute Gasteiger partial charge is 0.252 e. The van der Waals surface area contributed by atoms with Crippen molar-refractivity contribution in [2.75, 3.05) is 13.7 Å². The maximum Gasteiger partial charge on any atom is 0.252 e. The summed E-state index contributed by atoms with van der Waals surface area (Å²) in [5.74, 6) is 0.396. The van der Waals surface area contributed by atoms with Crippen molar-refractivity contribution < 1.29 is 4.74 Å². The fourth-order valence-corrected chi connectivity index (χ4v) is 2.79. The van der Waals surface area contributed by atoms with Gasteiger partial charge in [0.25, 0.3) is 5.88 Å². The molecular weight excluding hydrogens is 250 g/mol. The molecule has 1 aliphatic rings. The summed E-state index contributed by atoms with van der Waals surface area (Å²) in [6.45, 7) is 5.56. The van der Waals surface area contributed by atoms with Gasteiger partial charge in [-0.3, -0.25) is 4.90 Å². The molecular formula is C13H20ClN3O. The van der Waals surface area contributed by atoms with E-state index in [-0.39, 0.29) is 0 Å². The lowest BCUT2D eigenvalue weighted by molar-refractivity contribution is 0.108. The van der Waals surface area contributed by atoms with Crippen molar-refractivity contribution in [2.45, 2.75) is 45.2 Å². The highest BCUT2D eigenvalue weighted by molar-refractivity contribution is 6.31. The second-order valence-electron chi connectivity index (χ2n) is 4.97. The van der Waals surface area contributed by atoms with Crippen molar-refractivity contribution in [2.24, 2.45) is 0 Å². The molecule has 0 amide bonds. The molecule has 5 heteroatoms. The van der Waals surface area contributed by atoms with E-state index in [0.717, 1.165) is 18.7 Å². The van der Waals surface area contributed by atoms with Crippen molar-refractivity contribution in [1.82, 2.24) is 15.1 Å². The summed E-state index contributed by atoms with van der Waals surface area (Å²) in [5.41, 5.74) is 0.953. The van der Waals surface area contributed by atoms with E-state index >= 15 is 0 Å². The number of hydrogen-bond acceptors (Lipinski definition) is 4. The summed E-state index contributed by atoms with van der Waals surface area (Å²) in [6.07, 6.45) is 3.61. The van der Waals surface area contributed by atoms with E-state index in [2.05, 4.69) is 28.9 Å². The Morgan fingerprint density at radius 2 is 2.17 bits per heavy atom. The molecule has 1 atom stereocenters. The van der Waals surface area contributed by atoms with Gasteiger partial charge in [-0.1, -0.05) is 18.0 Å². The molecule has 1 saturated heterocycles. The minimum atomic E-state index is 0.328. The van der Waals surface area contributed by atoms with Crippen LogP contribution in [0.5, 0.6) is 5.88 Å². The Labute approximate surface area is 113 Å². The van der Waals surface area contributed by atoms with Gasteiger partial charge < -0.3 is 4.74 Å². The van der Waals surface area contributed by atoms with Crippen LogP contribution in [0.4, 0.5) is 0 Å². The van der Waals surface area contributed by atoms with Gasteiger partial charge in [-0.05, 0) is 39.3 Å². The molecule has 2 heterocycles. The van der Waals surface area contributed by atoms with Crippen LogP contribution < -0.4 is 4.74 Å². The van der Waals surface area contributed by atoms with Gasteiger partial charge in [0.15, 0.2) is 0 Å². The Kier molecular flexibility index (Phi) is 4.40. The normalized spacial score (nSPS) is 21.3. The highest BCUT2D eigenvalue weighted by atomic mass is 35.5. The van der Waals surface area contributed by atoms with Crippen molar-refractivity contribution in [3.8, 4) is 5.88 Å². The van der Waals surface area contributed by atoms with Gasteiger partial charge in [-0.15, -0.1) is 5.10 Å². The molecule has 0 radical (unpaired) electrons. The summed E-state index contributed by atoms with van der Waals surface area (Å²) in [7, 11) is 1.55. The highest BCUT2D eigenvalue weighted by Crippen LogP contribution is 2.33. The topological polar surface area (TPSA) is 38.3 Å². The van der Waals surface area contributed by atoms with E-state index < -0.39 is 0 Å². The van der Waals surface area contributed by atoms with Crippen molar-refractivity contribution in [3.05, 3.63) is 16.8 Å². The van der Waals surface area contributed by atoms with E-state index in [9.17, 15) is 0 Å². The van der Waals surface area contributed by atoms with Crippen LogP contribution in [0.1, 0.15) is 44.8 Å². The van der Waals surface area contributed by atoms with Crippen molar-refractivity contribution in [1.29, 1.82) is 0 Å². The Balaban J connectivity index is 2.25. The molecule has 100 valence electrons. The molecule has 1 aromatic rings. The lowest BCUT2D eigenvalue weighted by Gasteiger charge is -2.38. The number of ether oxygens (including phenoxy) is 1. The Morgan fingerprint density at radius 1 is 1.39 bits per heavy atom. The number of piperidine rings is 1. The first-order valence-electron chi connectivity index (χ1n) is 6.46. The van der Waals surface area contributed by atoms with Crippen LogP contribution in [0.25, 0.3) is 0 Å². The third-order valence-corrected chi connectivity index (χ3v) is 3.75. The molecule has 0 spiro atoms. The quantitative estimate of drug-likeness (QED) is 0.845. The molecule has 1 fully saturated rings. The van der Waals surface area contributed by atoms with Crippen LogP contribution in [0.15, 0.2) is 6.07 Å². The summed E-state index contributed by atoms with van der Waals surface area (Å²) in [5, 5.41) is 8.84. The van der Waals surface area contributed by atoms with Gasteiger partial charge in [-0.25, -0.2) is 0 Å². The largest absolute Gasteiger partial charge is 0.479 e. The summed E-state index contributed by atoms with van der Waals surface area (Å²) < 4.78 is 5.04. The van der Waals surface area contributed by atoms with Gasteiger partial charge in [0.2, 0.25) is 0 Å². The first-order chi connectivity index (χ1) is 8.63. The molecule has 0 N–H and O–H groups in total. The fourth-order valence-electron chi connectivity index (χ4n) is 2.56. The molecule has 0 aromatic carbocycles. The van der Waals surface area contributed by atoms with Gasteiger partial charge in [-0.2, -0.15) is 5.10 Å². The predicted molar refractivity (Wildman–Crippen MR) is 72.0 cm³/mol. The van der Waals surface area contributed by atoms with Crippen molar-refractivity contribution >= 4 is 11.6 Å². The van der Waals surface area contributed by atoms with Crippen LogP contribution in [0, 0.1) is 0 Å². The van der Waals surface area contributed by atoms with Gasteiger partial charge in [0.1, 0.15) is 5.02 Å². The third-order valence-electron chi connectivity index (χ3n) is 3.48. The Morgan fingerprint density at radius 3 is 2.78 bits per heavy atom. The van der Waals surface area contributed by atoms with Gasteiger partial charge in [0, 0.05) is 6.04 Å². The number of nitrogens with zero attached hydrogens (tertiary/aromatic N) is 3. The van der Waals surface area contributed by atoms with E-state index in [0.29, 0.717) is 23.0 Å². The Hall–Kier alpha value is -0.870. The van der Waals surface area contributed by atoms with Crippen LogP contribution in [0.3, 0.4) is 0 Å². The zero-order valence-corrected chi connectivity index (χ0v) is 11.9. The lowest BCUT2D eigenvalue weighted by atomic mass is 9.97. The monoisotopic (exact) mass is 269 g/mol. The molecule has 18 heavy (non-hydrogen) atoms. The number of likely N-dealkylation sites (tertiary alicyclic amines) is 1. The molecule has 1 aromatic heterocycles. The molecule has 1 aliphatic heterocycles. The third kappa shape index (κ3) is 2.75. The average molecular weight is 270 g/mol. The molecule has 4 nitrogen and oxygen atoms in total. The lowest BCUT2D eigenvalue weighted by Crippen LogP contribution is -2.38. The molecule has 0 bridgehead atoms. The van der Waals surface area contributed by atoms with Gasteiger partial charge >= 0.3 is 0 Å². The number of halogens is 1. The van der Waals surface area contributed by atoms with E-state index in [4.69, 9.17) is 16.3 Å². The second-order valence-corrected chi connectivity index (χ2v) is 5.38. The standard InChI is InChI=1S/C13H20ClN3O/c1-9(2)17-7-5-4-6-12(17)11-8-10(14)13(18-3)16-15-11/h8-9,12H,4-7H2,1-3H3. The fraction of sp³-hybridized carbons (Fsp3) is 0.692. The maximum absolute atomic E-state index is 6.13. The highest BCUT2D eigenvalue weighted by Gasteiger charge is 2.27. The maximum atomic E-state index is 6.13. The zero-order chi connectivity index (χ0) is 13.1. The van der Waals surface area contributed by atoms with E-state index in [1.54, 1.807) is 7.11 Å². The molecule has 0 aliphatic carbocycles. The number of aromatic nitrogens is 2. The number of hydrogen-bond donors (Lipinski definition) is 0. The summed E-state index contributed by atoms with van der Waals surface area (Å²) in [4.78, 5) is 2.47. The van der Waals surface area contributed by atoms with E-state index in [1.165, 1.54) is 12.8 Å². The zero-order valence-electron chi connectivity index (χ0n) is 11.2. The minimum Gasteiger partial charge on any atom is -0.479 e. The predicted octanol–water partition coefficient (Wildman–Crippen LogP) is 3.07. The molecule has 2 rings (SSSR count). The average Bonchev–Trinajstić information content (AvgIpc) is 2.38. The van der Waals surface area contributed by atoms with Gasteiger partial charge in [0.05, 0.1) is 18.8 Å². The number of rotatable bonds is 3. The van der Waals surface area contributed by atoms with Crippen LogP contribution in [-0.2, 0) is 0 Å². The number of methoxy groups -OCH3 is 1.